The van der Waals surface area contributed by atoms with Gasteiger partial charge in [-0.2, -0.15) is 13.2 Å². The fourth-order valence-corrected chi connectivity index (χ4v) is 2.42. The van der Waals surface area contributed by atoms with Crippen LogP contribution in [-0.2, 0) is 0 Å². The Labute approximate surface area is 178 Å². The summed E-state index contributed by atoms with van der Waals surface area (Å²) >= 11 is 5.83. The van der Waals surface area contributed by atoms with Gasteiger partial charge in [0.25, 0.3) is 5.91 Å². The molecule has 3 amide bonds. The monoisotopic (exact) mass is 465 g/mol. The number of alkyl halides is 3. The van der Waals surface area contributed by atoms with E-state index in [0.717, 1.165) is 17.0 Å². The first-order chi connectivity index (χ1) is 14.3. The van der Waals surface area contributed by atoms with Gasteiger partial charge in [-0.25, -0.2) is 13.6 Å². The minimum atomic E-state index is -4.80. The topological polar surface area (TPSA) is 70.7 Å². The average Bonchev–Trinajstić information content (AvgIpc) is 2.66. The maximum Gasteiger partial charge on any atom is 0.425 e. The summed E-state index contributed by atoms with van der Waals surface area (Å²) in [7, 11) is 2.71. The lowest BCUT2D eigenvalue weighted by Crippen LogP contribution is -2.32. The number of benzene rings is 2. The number of para-hydroxylation sites is 1. The van der Waals surface area contributed by atoms with Gasteiger partial charge in [-0.05, 0) is 25.1 Å². The van der Waals surface area contributed by atoms with E-state index in [0.29, 0.717) is 13.0 Å². The van der Waals surface area contributed by atoms with E-state index in [4.69, 9.17) is 16.3 Å². The molecule has 0 unspecified atom stereocenters. The zero-order valence-electron chi connectivity index (χ0n) is 16.4. The van der Waals surface area contributed by atoms with Crippen LogP contribution in [0.5, 0.6) is 5.75 Å². The second-order valence-electron chi connectivity index (χ2n) is 6.51. The highest BCUT2D eigenvalue weighted by molar-refractivity contribution is 6.34. The van der Waals surface area contributed by atoms with Crippen LogP contribution in [0.3, 0.4) is 0 Å². The van der Waals surface area contributed by atoms with Crippen molar-refractivity contribution in [2.45, 2.75) is 19.2 Å². The summed E-state index contributed by atoms with van der Waals surface area (Å²) in [5, 5.41) is 4.03. The second kappa shape index (κ2) is 9.38. The fraction of sp³-hybridized carbons (Fsp3) is 0.263. The number of anilines is 2. The van der Waals surface area contributed by atoms with Crippen LogP contribution in [0.2, 0.25) is 5.02 Å². The first-order valence-corrected chi connectivity index (χ1v) is 8.99. The molecular formula is C19H17ClF5N3O3. The zero-order chi connectivity index (χ0) is 23.5. The second-order valence-corrected chi connectivity index (χ2v) is 6.91. The van der Waals surface area contributed by atoms with Gasteiger partial charge in [0.1, 0.15) is 17.4 Å². The number of nitrogens with zero attached hydrogens (tertiary/aromatic N) is 1. The summed E-state index contributed by atoms with van der Waals surface area (Å²) in [5.74, 6) is -3.92. The maximum atomic E-state index is 14.5. The minimum absolute atomic E-state index is 0.185. The number of halogens is 6. The third-order valence-corrected chi connectivity index (χ3v) is 4.24. The Kier molecular flexibility index (Phi) is 7.32. The van der Waals surface area contributed by atoms with Crippen LogP contribution in [-0.4, -0.2) is 43.2 Å². The van der Waals surface area contributed by atoms with Crippen LogP contribution in [0.1, 0.15) is 17.3 Å². The van der Waals surface area contributed by atoms with Gasteiger partial charge in [0.15, 0.2) is 6.10 Å². The van der Waals surface area contributed by atoms with E-state index in [2.05, 4.69) is 10.6 Å². The van der Waals surface area contributed by atoms with E-state index in [1.54, 1.807) is 0 Å². The van der Waals surface area contributed by atoms with Crippen LogP contribution in [0.4, 0.5) is 38.1 Å². The van der Waals surface area contributed by atoms with Crippen molar-refractivity contribution < 1.29 is 36.3 Å². The lowest BCUT2D eigenvalue weighted by atomic mass is 10.1. The lowest BCUT2D eigenvalue weighted by molar-refractivity contribution is -0.189. The molecule has 0 saturated carbocycles. The average molecular weight is 466 g/mol. The summed E-state index contributed by atoms with van der Waals surface area (Å²) < 4.78 is 72.2. The Bertz CT molecular complexity index is 978. The number of rotatable bonds is 5. The highest BCUT2D eigenvalue weighted by Crippen LogP contribution is 2.33. The molecule has 0 bridgehead atoms. The van der Waals surface area contributed by atoms with Gasteiger partial charge in [0, 0.05) is 20.2 Å². The Morgan fingerprint density at radius 2 is 1.74 bits per heavy atom. The number of carbonyl (C=O) groups is 2. The van der Waals surface area contributed by atoms with Gasteiger partial charge < -0.3 is 20.3 Å². The number of urea groups is 1. The first kappa shape index (κ1) is 24.2. The van der Waals surface area contributed by atoms with Crippen molar-refractivity contribution in [1.29, 1.82) is 0 Å². The first-order valence-electron chi connectivity index (χ1n) is 8.61. The number of carbonyl (C=O) groups excluding carboxylic acids is 2. The number of nitrogens with one attached hydrogen (secondary N) is 2. The Morgan fingerprint density at radius 1 is 1.10 bits per heavy atom. The molecule has 0 aliphatic heterocycles. The smallest absolute Gasteiger partial charge is 0.425 e. The number of hydrogen-bond donors (Lipinski definition) is 2. The van der Waals surface area contributed by atoms with Crippen molar-refractivity contribution in [3.8, 4) is 5.75 Å². The third kappa shape index (κ3) is 5.97. The SMILES string of the molecule is C[C@H](Oc1cc(NC(=O)N(C)C)c(F)cc1C(=O)Nc1c(F)cccc1Cl)C(F)(F)F. The number of hydrogen-bond acceptors (Lipinski definition) is 3. The maximum absolute atomic E-state index is 14.5. The van der Waals surface area contributed by atoms with E-state index in [1.165, 1.54) is 26.2 Å². The Hall–Kier alpha value is -3.08. The molecule has 0 radical (unpaired) electrons. The number of ether oxygens (including phenoxy) is 1. The van der Waals surface area contributed by atoms with E-state index < -0.39 is 58.5 Å². The normalized spacial score (nSPS) is 12.2. The van der Waals surface area contributed by atoms with Crippen molar-refractivity contribution in [1.82, 2.24) is 4.90 Å². The third-order valence-electron chi connectivity index (χ3n) is 3.93. The lowest BCUT2D eigenvalue weighted by Gasteiger charge is -2.21. The van der Waals surface area contributed by atoms with Gasteiger partial charge in [0.05, 0.1) is 22.0 Å². The molecule has 1 atom stereocenters. The van der Waals surface area contributed by atoms with Crippen LogP contribution < -0.4 is 15.4 Å². The predicted molar refractivity (Wildman–Crippen MR) is 105 cm³/mol. The predicted octanol–water partition coefficient (Wildman–Crippen LogP) is 5.29. The van der Waals surface area contributed by atoms with E-state index in [1.807, 2.05) is 0 Å². The van der Waals surface area contributed by atoms with Crippen molar-refractivity contribution >= 4 is 34.9 Å². The minimum Gasteiger partial charge on any atom is -0.480 e. The molecule has 12 heteroatoms. The standard InChI is InChI=1S/C19H17ClF5N3O3/c1-9(19(23,24)25)31-15-8-14(26-18(30)28(2)3)13(22)7-10(15)17(29)27-16-11(20)5-4-6-12(16)21/h4-9H,1-3H3,(H,26,30)(H,27,29)/t9-/m0/s1. The van der Waals surface area contributed by atoms with Gasteiger partial charge in [-0.1, -0.05) is 17.7 Å². The Balaban J connectivity index is 2.49. The molecule has 2 aromatic carbocycles. The van der Waals surface area contributed by atoms with Crippen LogP contribution >= 0.6 is 11.6 Å². The van der Waals surface area contributed by atoms with Crippen LogP contribution in [0.25, 0.3) is 0 Å². The summed E-state index contributed by atoms with van der Waals surface area (Å²) in [6, 6.07) is 4.05. The van der Waals surface area contributed by atoms with Crippen LogP contribution in [0.15, 0.2) is 30.3 Å². The summed E-state index contributed by atoms with van der Waals surface area (Å²) in [5.41, 5.74) is -1.64. The molecule has 31 heavy (non-hydrogen) atoms. The molecular weight excluding hydrogens is 449 g/mol. The van der Waals surface area contributed by atoms with Crippen LogP contribution in [0, 0.1) is 11.6 Å². The summed E-state index contributed by atoms with van der Waals surface area (Å²) in [6.07, 6.45) is -7.18. The molecule has 0 aliphatic carbocycles. The number of amides is 3. The van der Waals surface area contributed by atoms with E-state index in [-0.39, 0.29) is 5.02 Å². The quantitative estimate of drug-likeness (QED) is 0.589. The zero-order valence-corrected chi connectivity index (χ0v) is 17.2. The van der Waals surface area contributed by atoms with E-state index >= 15 is 0 Å². The molecule has 0 saturated heterocycles. The molecule has 0 heterocycles. The van der Waals surface area contributed by atoms with E-state index in [9.17, 15) is 31.5 Å². The molecule has 0 aromatic heterocycles. The molecule has 2 N–H and O–H groups in total. The van der Waals surface area contributed by atoms with Gasteiger partial charge in [-0.3, -0.25) is 4.79 Å². The molecule has 168 valence electrons. The van der Waals surface area contributed by atoms with Crippen molar-refractivity contribution in [3.05, 3.63) is 52.6 Å². The van der Waals surface area contributed by atoms with Gasteiger partial charge in [0.2, 0.25) is 0 Å². The highest BCUT2D eigenvalue weighted by Gasteiger charge is 2.39. The summed E-state index contributed by atoms with van der Waals surface area (Å²) in [4.78, 5) is 25.4. The molecule has 0 fully saturated rings. The highest BCUT2D eigenvalue weighted by atomic mass is 35.5. The van der Waals surface area contributed by atoms with Gasteiger partial charge >= 0.3 is 12.2 Å². The molecule has 2 rings (SSSR count). The molecule has 6 nitrogen and oxygen atoms in total. The molecule has 2 aromatic rings. The van der Waals surface area contributed by atoms with Crippen molar-refractivity contribution in [2.24, 2.45) is 0 Å². The van der Waals surface area contributed by atoms with Gasteiger partial charge in [-0.15, -0.1) is 0 Å². The Morgan fingerprint density at radius 3 is 2.29 bits per heavy atom. The summed E-state index contributed by atoms with van der Waals surface area (Å²) in [6.45, 7) is 0.677. The van der Waals surface area contributed by atoms with Crippen molar-refractivity contribution in [2.75, 3.05) is 24.7 Å². The molecule has 0 aliphatic rings. The largest absolute Gasteiger partial charge is 0.480 e. The molecule has 0 spiro atoms. The van der Waals surface area contributed by atoms with Crippen molar-refractivity contribution in [3.63, 3.8) is 0 Å². The fourth-order valence-electron chi connectivity index (χ4n) is 2.21.